The lowest BCUT2D eigenvalue weighted by molar-refractivity contribution is -0.136. The smallest absolute Gasteiger partial charge is 0.303 e. The molecule has 2 aliphatic heterocycles. The molecule has 0 bridgehead atoms. The molecule has 110 valence electrons. The molecule has 2 aliphatic rings. The predicted molar refractivity (Wildman–Crippen MR) is 79.5 cm³/mol. The maximum atomic E-state index is 10.6. The molecule has 3 heterocycles. The number of hydrogen-bond acceptors (Lipinski definition) is 5. The van der Waals surface area contributed by atoms with Gasteiger partial charge in [-0.15, -0.1) is 11.3 Å². The van der Waals surface area contributed by atoms with E-state index in [1.54, 1.807) is 11.3 Å². The molecule has 6 heteroatoms. The topological polar surface area (TPSA) is 56.7 Å². The molecule has 5 nitrogen and oxygen atoms in total. The zero-order valence-corrected chi connectivity index (χ0v) is 12.4. The molecule has 1 aromatic heterocycles. The van der Waals surface area contributed by atoms with Crippen LogP contribution in [0, 0.1) is 0 Å². The number of anilines is 1. The monoisotopic (exact) mass is 295 g/mol. The van der Waals surface area contributed by atoms with Crippen molar-refractivity contribution in [1.29, 1.82) is 0 Å². The number of thiazole rings is 1. The van der Waals surface area contributed by atoms with Crippen LogP contribution in [0.25, 0.3) is 0 Å². The van der Waals surface area contributed by atoms with Gasteiger partial charge in [-0.25, -0.2) is 4.98 Å². The molecular formula is C14H21N3O2S. The fourth-order valence-corrected chi connectivity index (χ4v) is 4.02. The van der Waals surface area contributed by atoms with Crippen molar-refractivity contribution in [3.63, 3.8) is 0 Å². The Kier molecular flexibility index (Phi) is 4.21. The first-order valence-electron chi connectivity index (χ1n) is 7.37. The Balaban J connectivity index is 1.60. The van der Waals surface area contributed by atoms with Gasteiger partial charge < -0.3 is 10.0 Å². The summed E-state index contributed by atoms with van der Waals surface area (Å²) in [6.07, 6.45) is 4.69. The van der Waals surface area contributed by atoms with Crippen molar-refractivity contribution >= 4 is 22.4 Å². The van der Waals surface area contributed by atoms with E-state index in [-0.39, 0.29) is 6.42 Å². The normalized spacial score (nSPS) is 23.6. The fourth-order valence-electron chi connectivity index (χ4n) is 3.12. The van der Waals surface area contributed by atoms with Crippen LogP contribution in [-0.2, 0) is 11.2 Å². The Morgan fingerprint density at radius 1 is 1.40 bits per heavy atom. The number of aryl methyl sites for hydroxylation is 1. The minimum atomic E-state index is -0.754. The van der Waals surface area contributed by atoms with E-state index in [1.165, 1.54) is 25.8 Å². The first-order valence-corrected chi connectivity index (χ1v) is 8.25. The summed E-state index contributed by atoms with van der Waals surface area (Å²) in [5.41, 5.74) is 0.915. The van der Waals surface area contributed by atoms with Gasteiger partial charge in [-0.2, -0.15) is 0 Å². The molecule has 0 amide bonds. The van der Waals surface area contributed by atoms with Gasteiger partial charge in [0.25, 0.3) is 0 Å². The van der Waals surface area contributed by atoms with Gasteiger partial charge in [-0.1, -0.05) is 6.42 Å². The maximum Gasteiger partial charge on any atom is 0.303 e. The van der Waals surface area contributed by atoms with Crippen LogP contribution < -0.4 is 4.90 Å². The van der Waals surface area contributed by atoms with Crippen LogP contribution in [0.2, 0.25) is 0 Å². The molecular weight excluding hydrogens is 274 g/mol. The summed E-state index contributed by atoms with van der Waals surface area (Å²) in [6, 6.07) is 0.684. The van der Waals surface area contributed by atoms with E-state index in [1.807, 2.05) is 5.38 Å². The van der Waals surface area contributed by atoms with Crippen molar-refractivity contribution in [2.24, 2.45) is 0 Å². The fraction of sp³-hybridized carbons (Fsp3) is 0.714. The molecule has 3 rings (SSSR count). The molecule has 0 radical (unpaired) electrons. The van der Waals surface area contributed by atoms with Crippen molar-refractivity contribution in [1.82, 2.24) is 9.88 Å². The van der Waals surface area contributed by atoms with Crippen molar-refractivity contribution < 1.29 is 9.90 Å². The summed E-state index contributed by atoms with van der Waals surface area (Å²) in [7, 11) is 0. The number of carboxylic acids is 1. The molecule has 1 unspecified atom stereocenters. The molecule has 1 aromatic rings. The lowest BCUT2D eigenvalue weighted by atomic mass is 10.00. The molecule has 2 saturated heterocycles. The average molecular weight is 295 g/mol. The number of aliphatic carboxylic acids is 1. The SMILES string of the molecule is O=C(O)CCc1csc(N2CCN3CCCCC3C2)n1. The summed E-state index contributed by atoms with van der Waals surface area (Å²) in [4.78, 5) is 20.2. The molecule has 0 saturated carbocycles. The average Bonchev–Trinajstić information content (AvgIpc) is 2.93. The zero-order valence-electron chi connectivity index (χ0n) is 11.6. The molecule has 0 spiro atoms. The van der Waals surface area contributed by atoms with E-state index in [2.05, 4.69) is 14.8 Å². The van der Waals surface area contributed by atoms with Gasteiger partial charge >= 0.3 is 5.97 Å². The standard InChI is InChI=1S/C14H21N3O2S/c18-13(19)5-4-11-10-20-14(15-11)17-8-7-16-6-2-1-3-12(16)9-17/h10,12H,1-9H2,(H,18,19). The second-order valence-electron chi connectivity index (χ2n) is 5.65. The number of fused-ring (bicyclic) bond motifs is 1. The van der Waals surface area contributed by atoms with Gasteiger partial charge in [-0.3, -0.25) is 9.69 Å². The van der Waals surface area contributed by atoms with Crippen LogP contribution in [0.3, 0.4) is 0 Å². The number of aromatic nitrogens is 1. The first kappa shape index (κ1) is 13.8. The van der Waals surface area contributed by atoms with E-state index < -0.39 is 5.97 Å². The van der Waals surface area contributed by atoms with E-state index in [0.29, 0.717) is 12.5 Å². The van der Waals surface area contributed by atoms with E-state index >= 15 is 0 Å². The van der Waals surface area contributed by atoms with E-state index in [0.717, 1.165) is 30.5 Å². The van der Waals surface area contributed by atoms with Crippen LogP contribution in [-0.4, -0.2) is 53.2 Å². The molecule has 1 atom stereocenters. The number of nitrogens with zero attached hydrogens (tertiary/aromatic N) is 3. The highest BCUT2D eigenvalue weighted by molar-refractivity contribution is 7.13. The first-order chi connectivity index (χ1) is 9.72. The number of piperazine rings is 1. The quantitative estimate of drug-likeness (QED) is 0.918. The third kappa shape index (κ3) is 3.12. The third-order valence-electron chi connectivity index (χ3n) is 4.24. The summed E-state index contributed by atoms with van der Waals surface area (Å²) in [5, 5.41) is 11.8. The second kappa shape index (κ2) is 6.10. The number of carboxylic acid groups (broad SMARTS) is 1. The van der Waals surface area contributed by atoms with Gasteiger partial charge in [0.15, 0.2) is 5.13 Å². The van der Waals surface area contributed by atoms with Gasteiger partial charge in [0, 0.05) is 37.5 Å². The second-order valence-corrected chi connectivity index (χ2v) is 6.48. The summed E-state index contributed by atoms with van der Waals surface area (Å²) < 4.78 is 0. The van der Waals surface area contributed by atoms with Crippen molar-refractivity contribution in [2.75, 3.05) is 31.1 Å². The predicted octanol–water partition coefficient (Wildman–Crippen LogP) is 1.83. The van der Waals surface area contributed by atoms with Gasteiger partial charge in [0.2, 0.25) is 0 Å². The van der Waals surface area contributed by atoms with Crippen molar-refractivity contribution in [2.45, 2.75) is 38.1 Å². The Labute approximate surface area is 123 Å². The van der Waals surface area contributed by atoms with Gasteiger partial charge in [0.1, 0.15) is 0 Å². The lowest BCUT2D eigenvalue weighted by Crippen LogP contribution is -2.54. The van der Waals surface area contributed by atoms with Gasteiger partial charge in [-0.05, 0) is 19.4 Å². The van der Waals surface area contributed by atoms with Crippen LogP contribution in [0.4, 0.5) is 5.13 Å². The van der Waals surface area contributed by atoms with E-state index in [9.17, 15) is 4.79 Å². The number of hydrogen-bond donors (Lipinski definition) is 1. The Hall–Kier alpha value is -1.14. The minimum Gasteiger partial charge on any atom is -0.481 e. The third-order valence-corrected chi connectivity index (χ3v) is 5.19. The summed E-state index contributed by atoms with van der Waals surface area (Å²) in [6.45, 7) is 4.50. The highest BCUT2D eigenvalue weighted by atomic mass is 32.1. The maximum absolute atomic E-state index is 10.6. The van der Waals surface area contributed by atoms with Crippen LogP contribution in [0.1, 0.15) is 31.4 Å². The summed E-state index contributed by atoms with van der Waals surface area (Å²) in [5.74, 6) is -0.754. The number of piperidine rings is 1. The van der Waals surface area contributed by atoms with Crippen molar-refractivity contribution in [3.05, 3.63) is 11.1 Å². The highest BCUT2D eigenvalue weighted by Gasteiger charge is 2.29. The highest BCUT2D eigenvalue weighted by Crippen LogP contribution is 2.27. The molecule has 0 aliphatic carbocycles. The van der Waals surface area contributed by atoms with Crippen LogP contribution in [0.5, 0.6) is 0 Å². The minimum absolute atomic E-state index is 0.166. The lowest BCUT2D eigenvalue weighted by Gasteiger charge is -2.44. The Morgan fingerprint density at radius 3 is 3.15 bits per heavy atom. The van der Waals surface area contributed by atoms with E-state index in [4.69, 9.17) is 5.11 Å². The molecule has 20 heavy (non-hydrogen) atoms. The summed E-state index contributed by atoms with van der Waals surface area (Å²) >= 11 is 1.65. The molecule has 1 N–H and O–H groups in total. The van der Waals surface area contributed by atoms with Crippen LogP contribution in [0.15, 0.2) is 5.38 Å². The van der Waals surface area contributed by atoms with Crippen LogP contribution >= 0.6 is 11.3 Å². The number of rotatable bonds is 4. The molecule has 0 aromatic carbocycles. The Morgan fingerprint density at radius 2 is 2.30 bits per heavy atom. The van der Waals surface area contributed by atoms with Crippen molar-refractivity contribution in [3.8, 4) is 0 Å². The molecule has 2 fully saturated rings. The largest absolute Gasteiger partial charge is 0.481 e. The van der Waals surface area contributed by atoms with Gasteiger partial charge in [0.05, 0.1) is 12.1 Å². The Bertz CT molecular complexity index is 477. The number of carbonyl (C=O) groups is 1. The zero-order chi connectivity index (χ0) is 13.9.